The van der Waals surface area contributed by atoms with Crippen molar-refractivity contribution in [3.63, 3.8) is 0 Å². The third-order valence-electron chi connectivity index (χ3n) is 8.55. The quantitative estimate of drug-likeness (QED) is 0.146. The van der Waals surface area contributed by atoms with Gasteiger partial charge in [0.2, 0.25) is 11.8 Å². The Morgan fingerprint density at radius 1 is 1.15 bits per heavy atom. The average Bonchev–Trinajstić information content (AvgIpc) is 3.14. The molecular weight excluding hydrogens is 675 g/mol. The fourth-order valence-corrected chi connectivity index (χ4v) is 7.22. The number of aryl methyl sites for hydroxylation is 1. The zero-order valence-corrected chi connectivity index (χ0v) is 27.9. The Bertz CT molecular complexity index is 2090. The third-order valence-corrected chi connectivity index (χ3v) is 9.51. The number of piperazine rings is 1. The summed E-state index contributed by atoms with van der Waals surface area (Å²) in [6.45, 7) is 10.8. The fraction of sp³-hybridized carbons (Fsp3) is 0.281. The molecule has 10 nitrogen and oxygen atoms in total. The van der Waals surface area contributed by atoms with Crippen molar-refractivity contribution in [3.05, 3.63) is 79.4 Å². The SMILES string of the molecule is C=CC(=O)N1CC(C)N2c3nc(=O)n(-c4c(C)ccnc4C(C)C)c4c(F)c(-c5c(N)c(Cl)cc(Cl)c5F)c(Cl)c(c34)NC(=O)C2C1. The molecule has 2 aliphatic rings. The van der Waals surface area contributed by atoms with Gasteiger partial charge in [0, 0.05) is 29.9 Å². The van der Waals surface area contributed by atoms with Gasteiger partial charge in [-0.3, -0.25) is 19.1 Å². The molecule has 0 radical (unpaired) electrons. The fourth-order valence-electron chi connectivity index (χ4n) is 6.43. The summed E-state index contributed by atoms with van der Waals surface area (Å²) in [5.74, 6) is -3.56. The monoisotopic (exact) mass is 701 g/mol. The summed E-state index contributed by atoms with van der Waals surface area (Å²) < 4.78 is 34.4. The maximum absolute atomic E-state index is 17.5. The van der Waals surface area contributed by atoms with Gasteiger partial charge >= 0.3 is 5.69 Å². The van der Waals surface area contributed by atoms with Crippen LogP contribution in [0.25, 0.3) is 27.7 Å². The topological polar surface area (TPSA) is 126 Å². The number of nitrogen functional groups attached to an aromatic ring is 1. The molecule has 3 N–H and O–H groups in total. The highest BCUT2D eigenvalue weighted by Gasteiger charge is 2.44. The standard InChI is InChI=1S/C32H28Cl3F2N7O3/c1-6-18(45)42-10-14(5)43-17(11-42)31(46)40-27-21-29(24(37)19(22(27)35)20-23(36)15(33)9-16(34)25(20)38)44(32(47)41-30(21)43)28-13(4)7-8-39-26(28)12(2)3/h6-9,12,14,17H,1,10-11,38H2,2-5H3,(H,40,46). The molecule has 0 bridgehead atoms. The van der Waals surface area contributed by atoms with E-state index in [1.54, 1.807) is 31.0 Å². The lowest BCUT2D eigenvalue weighted by molar-refractivity contribution is -0.128. The van der Waals surface area contributed by atoms with E-state index < -0.39 is 62.4 Å². The van der Waals surface area contributed by atoms with E-state index in [0.717, 1.165) is 16.7 Å². The van der Waals surface area contributed by atoms with Gasteiger partial charge in [-0.25, -0.2) is 13.6 Å². The molecule has 2 aliphatic heterocycles. The lowest BCUT2D eigenvalue weighted by Gasteiger charge is -2.44. The molecule has 47 heavy (non-hydrogen) atoms. The van der Waals surface area contributed by atoms with Crippen molar-refractivity contribution in [1.82, 2.24) is 19.4 Å². The van der Waals surface area contributed by atoms with E-state index in [9.17, 15) is 14.4 Å². The highest BCUT2D eigenvalue weighted by Crippen LogP contribution is 2.50. The molecule has 1 saturated heterocycles. The van der Waals surface area contributed by atoms with Crippen LogP contribution in [0.2, 0.25) is 15.1 Å². The minimum absolute atomic E-state index is 0.0212. The zero-order valence-electron chi connectivity index (χ0n) is 25.6. The molecule has 4 aromatic rings. The van der Waals surface area contributed by atoms with Gasteiger partial charge in [0.05, 0.1) is 49.8 Å². The Kier molecular flexibility index (Phi) is 8.18. The van der Waals surface area contributed by atoms with Crippen molar-refractivity contribution in [3.8, 4) is 16.8 Å². The van der Waals surface area contributed by atoms with Crippen molar-refractivity contribution < 1.29 is 18.4 Å². The number of halogens is 5. The number of carbonyl (C=O) groups is 2. The summed E-state index contributed by atoms with van der Waals surface area (Å²) in [5, 5.41) is 1.68. The van der Waals surface area contributed by atoms with Crippen molar-refractivity contribution >= 4 is 74.7 Å². The third kappa shape index (κ3) is 4.92. The number of benzene rings is 2. The average molecular weight is 703 g/mol. The molecule has 2 aromatic carbocycles. The molecule has 6 rings (SSSR count). The van der Waals surface area contributed by atoms with Gasteiger partial charge in [-0.05, 0) is 43.5 Å². The van der Waals surface area contributed by atoms with Crippen LogP contribution in [0.15, 0.2) is 35.8 Å². The number of aromatic nitrogens is 3. The lowest BCUT2D eigenvalue weighted by atomic mass is 9.97. The second-order valence-electron chi connectivity index (χ2n) is 11.8. The molecule has 2 amide bonds. The second kappa shape index (κ2) is 11.8. The van der Waals surface area contributed by atoms with Gasteiger partial charge in [0.15, 0.2) is 11.6 Å². The first-order chi connectivity index (χ1) is 22.2. The number of amides is 2. The number of rotatable bonds is 4. The lowest BCUT2D eigenvalue weighted by Crippen LogP contribution is -2.62. The summed E-state index contributed by atoms with van der Waals surface area (Å²) in [4.78, 5) is 52.8. The van der Waals surface area contributed by atoms with Gasteiger partial charge in [-0.2, -0.15) is 4.98 Å². The molecule has 244 valence electrons. The number of fused-ring (bicyclic) bond motifs is 2. The molecule has 0 aliphatic carbocycles. The van der Waals surface area contributed by atoms with Gasteiger partial charge < -0.3 is 20.9 Å². The van der Waals surface area contributed by atoms with Crippen LogP contribution >= 0.6 is 34.8 Å². The van der Waals surface area contributed by atoms with Crippen LogP contribution in [-0.4, -0.2) is 56.4 Å². The highest BCUT2D eigenvalue weighted by atomic mass is 35.5. The number of hydrogen-bond acceptors (Lipinski definition) is 7. The largest absolute Gasteiger partial charge is 0.397 e. The van der Waals surface area contributed by atoms with E-state index in [-0.39, 0.29) is 57.8 Å². The Balaban J connectivity index is 1.83. The number of nitrogens with zero attached hydrogens (tertiary/aromatic N) is 5. The van der Waals surface area contributed by atoms with E-state index >= 15 is 8.78 Å². The summed E-state index contributed by atoms with van der Waals surface area (Å²) in [6, 6.07) is 1.08. The number of nitrogens with one attached hydrogen (secondary N) is 1. The molecule has 2 unspecified atom stereocenters. The van der Waals surface area contributed by atoms with E-state index in [1.807, 2.05) is 13.8 Å². The number of anilines is 3. The summed E-state index contributed by atoms with van der Waals surface area (Å²) >= 11 is 19.3. The van der Waals surface area contributed by atoms with E-state index in [2.05, 4.69) is 21.9 Å². The van der Waals surface area contributed by atoms with Crippen LogP contribution in [0.5, 0.6) is 0 Å². The van der Waals surface area contributed by atoms with Crippen LogP contribution in [-0.2, 0) is 9.59 Å². The first-order valence-electron chi connectivity index (χ1n) is 14.6. The molecule has 1 fully saturated rings. The minimum atomic E-state index is -1.14. The van der Waals surface area contributed by atoms with Gasteiger partial charge in [-0.15, -0.1) is 0 Å². The minimum Gasteiger partial charge on any atom is -0.397 e. The Morgan fingerprint density at radius 2 is 1.85 bits per heavy atom. The van der Waals surface area contributed by atoms with Gasteiger partial charge in [0.25, 0.3) is 0 Å². The zero-order chi connectivity index (χ0) is 34.2. The van der Waals surface area contributed by atoms with E-state index in [4.69, 9.17) is 40.5 Å². The molecule has 15 heteroatoms. The summed E-state index contributed by atoms with van der Waals surface area (Å²) in [7, 11) is 0. The Labute approximate surface area is 282 Å². The maximum Gasteiger partial charge on any atom is 0.354 e. The van der Waals surface area contributed by atoms with Crippen LogP contribution in [0.3, 0.4) is 0 Å². The molecule has 4 heterocycles. The first kappa shape index (κ1) is 32.7. The normalized spacial score (nSPS) is 17.5. The van der Waals surface area contributed by atoms with Crippen LogP contribution in [0, 0.1) is 18.6 Å². The number of nitrogens with two attached hydrogens (primary N) is 1. The maximum atomic E-state index is 17.5. The predicted molar refractivity (Wildman–Crippen MR) is 180 cm³/mol. The van der Waals surface area contributed by atoms with Crippen LogP contribution < -0.4 is 21.6 Å². The van der Waals surface area contributed by atoms with Crippen molar-refractivity contribution in [2.75, 3.05) is 29.0 Å². The second-order valence-corrected chi connectivity index (χ2v) is 13.0. The van der Waals surface area contributed by atoms with E-state index in [1.165, 1.54) is 4.90 Å². The van der Waals surface area contributed by atoms with Gasteiger partial charge in [0.1, 0.15) is 17.4 Å². The first-order valence-corrected chi connectivity index (χ1v) is 15.7. The Morgan fingerprint density at radius 3 is 2.51 bits per heavy atom. The number of hydrogen-bond donors (Lipinski definition) is 2. The van der Waals surface area contributed by atoms with Crippen molar-refractivity contribution in [2.24, 2.45) is 0 Å². The molecule has 0 saturated carbocycles. The van der Waals surface area contributed by atoms with Crippen molar-refractivity contribution in [1.29, 1.82) is 0 Å². The summed E-state index contributed by atoms with van der Waals surface area (Å²) in [6.07, 6.45) is 2.71. The van der Waals surface area contributed by atoms with Crippen LogP contribution in [0.4, 0.5) is 26.0 Å². The number of pyridine rings is 1. The van der Waals surface area contributed by atoms with Crippen LogP contribution in [0.1, 0.15) is 37.9 Å². The van der Waals surface area contributed by atoms with Gasteiger partial charge in [-0.1, -0.05) is 55.2 Å². The smallest absolute Gasteiger partial charge is 0.354 e. The highest BCUT2D eigenvalue weighted by molar-refractivity contribution is 6.41. The summed E-state index contributed by atoms with van der Waals surface area (Å²) in [5.41, 5.74) is 4.58. The van der Waals surface area contributed by atoms with Crippen molar-refractivity contribution in [2.45, 2.75) is 45.7 Å². The molecule has 2 atom stereocenters. The molecular formula is C32H28Cl3F2N7O3. The predicted octanol–water partition coefficient (Wildman–Crippen LogP) is 6.24. The van der Waals surface area contributed by atoms with E-state index in [0.29, 0.717) is 11.3 Å². The number of carbonyl (C=O) groups excluding carboxylic acids is 2. The molecule has 0 spiro atoms. The molecule has 2 aromatic heterocycles. The Hall–Kier alpha value is -4.26.